The zero-order chi connectivity index (χ0) is 12.7. The fraction of sp³-hybridized carbons (Fsp3) is 0.833. The van der Waals surface area contributed by atoms with Gasteiger partial charge in [-0.15, -0.1) is 0 Å². The summed E-state index contributed by atoms with van der Waals surface area (Å²) in [5.74, 6) is -0.0928. The van der Waals surface area contributed by atoms with Crippen LogP contribution in [0.4, 0.5) is 0 Å². The molecule has 2 unspecified atom stereocenters. The molecule has 0 radical (unpaired) electrons. The van der Waals surface area contributed by atoms with Crippen LogP contribution in [0.3, 0.4) is 0 Å². The summed E-state index contributed by atoms with van der Waals surface area (Å²) >= 11 is 0. The van der Waals surface area contributed by atoms with Gasteiger partial charge in [-0.2, -0.15) is 0 Å². The van der Waals surface area contributed by atoms with Crippen LogP contribution in [0.25, 0.3) is 0 Å². The van der Waals surface area contributed by atoms with E-state index in [9.17, 15) is 9.59 Å². The van der Waals surface area contributed by atoms with E-state index in [0.29, 0.717) is 12.3 Å². The molecule has 1 amide bonds. The molecule has 4 nitrogen and oxygen atoms in total. The first-order valence-electron chi connectivity index (χ1n) is 5.79. The minimum absolute atomic E-state index is 0.0355. The molecule has 94 valence electrons. The number of rotatable bonds is 6. The predicted octanol–water partition coefficient (Wildman–Crippen LogP) is 1.74. The zero-order valence-electron chi connectivity index (χ0n) is 10.9. The van der Waals surface area contributed by atoms with Crippen LogP contribution in [0.15, 0.2) is 0 Å². The van der Waals surface area contributed by atoms with Gasteiger partial charge in [0.2, 0.25) is 5.91 Å². The molecular weight excluding hydrogens is 206 g/mol. The van der Waals surface area contributed by atoms with Crippen LogP contribution in [-0.2, 0) is 14.3 Å². The van der Waals surface area contributed by atoms with Crippen molar-refractivity contribution in [3.05, 3.63) is 0 Å². The number of carbonyl (C=O) groups excluding carboxylic acids is 2. The van der Waals surface area contributed by atoms with Crippen molar-refractivity contribution < 1.29 is 14.3 Å². The molecular formula is C12H23NO3. The summed E-state index contributed by atoms with van der Waals surface area (Å²) in [6.07, 6.45) is 1.41. The summed E-state index contributed by atoms with van der Waals surface area (Å²) in [4.78, 5) is 23.0. The molecule has 0 aliphatic heterocycles. The Kier molecular flexibility index (Phi) is 6.77. The highest BCUT2D eigenvalue weighted by molar-refractivity contribution is 5.84. The lowest BCUT2D eigenvalue weighted by Gasteiger charge is -2.20. The van der Waals surface area contributed by atoms with Crippen LogP contribution in [0.5, 0.6) is 0 Å². The van der Waals surface area contributed by atoms with Crippen LogP contribution in [-0.4, -0.2) is 25.0 Å². The summed E-state index contributed by atoms with van der Waals surface area (Å²) < 4.78 is 4.65. The van der Waals surface area contributed by atoms with E-state index in [1.165, 1.54) is 7.11 Å². The molecule has 0 aromatic heterocycles. The van der Waals surface area contributed by atoms with Gasteiger partial charge in [0.1, 0.15) is 6.04 Å². The molecule has 16 heavy (non-hydrogen) atoms. The van der Waals surface area contributed by atoms with Gasteiger partial charge in [0, 0.05) is 6.42 Å². The number of ether oxygens (including phenoxy) is 1. The Morgan fingerprint density at radius 3 is 2.19 bits per heavy atom. The summed E-state index contributed by atoms with van der Waals surface area (Å²) in [7, 11) is 1.33. The van der Waals surface area contributed by atoms with Gasteiger partial charge < -0.3 is 10.1 Å². The maximum absolute atomic E-state index is 11.6. The number of amides is 1. The number of hydrogen-bond donors (Lipinski definition) is 1. The summed E-state index contributed by atoms with van der Waals surface area (Å²) in [6, 6.07) is -0.540. The predicted molar refractivity (Wildman–Crippen MR) is 62.9 cm³/mol. The van der Waals surface area contributed by atoms with Crippen molar-refractivity contribution in [2.75, 3.05) is 7.11 Å². The van der Waals surface area contributed by atoms with Gasteiger partial charge in [-0.05, 0) is 11.8 Å². The van der Waals surface area contributed by atoms with Gasteiger partial charge in [-0.25, -0.2) is 4.79 Å². The number of hydrogen-bond acceptors (Lipinski definition) is 3. The smallest absolute Gasteiger partial charge is 0.328 e. The zero-order valence-corrected chi connectivity index (χ0v) is 10.9. The Labute approximate surface area is 97.7 Å². The first-order valence-corrected chi connectivity index (χ1v) is 5.79. The SMILES string of the molecule is CCC(C)CC(=O)NC(C(=O)OC)C(C)C. The number of methoxy groups -OCH3 is 1. The van der Waals surface area contributed by atoms with Crippen molar-refractivity contribution in [1.82, 2.24) is 5.32 Å². The van der Waals surface area contributed by atoms with E-state index in [2.05, 4.69) is 10.1 Å². The van der Waals surface area contributed by atoms with Gasteiger partial charge in [-0.3, -0.25) is 4.79 Å². The molecule has 1 N–H and O–H groups in total. The Bertz CT molecular complexity index is 238. The molecule has 0 aromatic carbocycles. The van der Waals surface area contributed by atoms with Crippen LogP contribution in [0.1, 0.15) is 40.5 Å². The van der Waals surface area contributed by atoms with E-state index in [1.54, 1.807) is 0 Å². The first-order chi connectivity index (χ1) is 7.42. The minimum atomic E-state index is -0.540. The van der Waals surface area contributed by atoms with E-state index < -0.39 is 6.04 Å². The maximum atomic E-state index is 11.6. The lowest BCUT2D eigenvalue weighted by atomic mass is 10.0. The van der Waals surface area contributed by atoms with E-state index in [1.807, 2.05) is 27.7 Å². The maximum Gasteiger partial charge on any atom is 0.328 e. The summed E-state index contributed by atoms with van der Waals surface area (Å²) in [5, 5.41) is 2.72. The highest BCUT2D eigenvalue weighted by Crippen LogP contribution is 2.08. The fourth-order valence-electron chi connectivity index (χ4n) is 1.32. The fourth-order valence-corrected chi connectivity index (χ4v) is 1.32. The molecule has 2 atom stereocenters. The van der Waals surface area contributed by atoms with Gasteiger partial charge in [0.05, 0.1) is 7.11 Å². The van der Waals surface area contributed by atoms with Crippen LogP contribution in [0, 0.1) is 11.8 Å². The van der Waals surface area contributed by atoms with E-state index in [0.717, 1.165) is 6.42 Å². The second kappa shape index (κ2) is 7.25. The molecule has 0 saturated heterocycles. The average molecular weight is 229 g/mol. The molecule has 0 rings (SSSR count). The molecule has 4 heteroatoms. The largest absolute Gasteiger partial charge is 0.467 e. The molecule has 0 aliphatic carbocycles. The van der Waals surface area contributed by atoms with Crippen molar-refractivity contribution in [3.8, 4) is 0 Å². The number of esters is 1. The van der Waals surface area contributed by atoms with Crippen LogP contribution >= 0.6 is 0 Å². The quantitative estimate of drug-likeness (QED) is 0.706. The molecule has 0 aromatic rings. The Hall–Kier alpha value is -1.06. The standard InChI is InChI=1S/C12H23NO3/c1-6-9(4)7-10(14)13-11(8(2)3)12(15)16-5/h8-9,11H,6-7H2,1-5H3,(H,13,14). The van der Waals surface area contributed by atoms with Gasteiger partial charge in [0.15, 0.2) is 0 Å². The Morgan fingerprint density at radius 1 is 1.25 bits per heavy atom. The number of nitrogens with one attached hydrogen (secondary N) is 1. The molecule has 0 bridgehead atoms. The second-order valence-electron chi connectivity index (χ2n) is 4.53. The monoisotopic (exact) mass is 229 g/mol. The molecule has 0 fully saturated rings. The second-order valence-corrected chi connectivity index (χ2v) is 4.53. The van der Waals surface area contributed by atoms with Crippen molar-refractivity contribution in [1.29, 1.82) is 0 Å². The average Bonchev–Trinajstić information content (AvgIpc) is 2.24. The molecule has 0 heterocycles. The third kappa shape index (κ3) is 5.14. The van der Waals surface area contributed by atoms with E-state index >= 15 is 0 Å². The Morgan fingerprint density at radius 2 is 1.81 bits per heavy atom. The minimum Gasteiger partial charge on any atom is -0.467 e. The van der Waals surface area contributed by atoms with Crippen molar-refractivity contribution in [2.24, 2.45) is 11.8 Å². The highest BCUT2D eigenvalue weighted by Gasteiger charge is 2.24. The lowest BCUT2D eigenvalue weighted by Crippen LogP contribution is -2.45. The van der Waals surface area contributed by atoms with Gasteiger partial charge in [-0.1, -0.05) is 34.1 Å². The van der Waals surface area contributed by atoms with Crippen LogP contribution < -0.4 is 5.32 Å². The first kappa shape index (κ1) is 14.9. The van der Waals surface area contributed by atoms with Gasteiger partial charge in [0.25, 0.3) is 0 Å². The molecule has 0 saturated carbocycles. The van der Waals surface area contributed by atoms with E-state index in [-0.39, 0.29) is 17.8 Å². The summed E-state index contributed by atoms with van der Waals surface area (Å²) in [5.41, 5.74) is 0. The van der Waals surface area contributed by atoms with Crippen LogP contribution in [0.2, 0.25) is 0 Å². The molecule has 0 spiro atoms. The Balaban J connectivity index is 4.30. The van der Waals surface area contributed by atoms with Crippen molar-refractivity contribution >= 4 is 11.9 Å². The lowest BCUT2D eigenvalue weighted by molar-refractivity contribution is -0.146. The van der Waals surface area contributed by atoms with Gasteiger partial charge >= 0.3 is 5.97 Å². The normalized spacial score (nSPS) is 14.4. The highest BCUT2D eigenvalue weighted by atomic mass is 16.5. The van der Waals surface area contributed by atoms with Crippen molar-refractivity contribution in [3.63, 3.8) is 0 Å². The van der Waals surface area contributed by atoms with Crippen molar-refractivity contribution in [2.45, 2.75) is 46.6 Å². The topological polar surface area (TPSA) is 55.4 Å². The summed E-state index contributed by atoms with van der Waals surface area (Å²) in [6.45, 7) is 7.82. The number of carbonyl (C=O) groups is 2. The third-order valence-electron chi connectivity index (χ3n) is 2.67. The molecule has 0 aliphatic rings. The van der Waals surface area contributed by atoms with E-state index in [4.69, 9.17) is 0 Å². The third-order valence-corrected chi connectivity index (χ3v) is 2.67.